The van der Waals surface area contributed by atoms with Crippen molar-refractivity contribution >= 4 is 35.0 Å². The van der Waals surface area contributed by atoms with Gasteiger partial charge in [-0.25, -0.2) is 0 Å². The fourth-order valence-corrected chi connectivity index (χ4v) is 3.15. The predicted octanol–water partition coefficient (Wildman–Crippen LogP) is 4.66. The summed E-state index contributed by atoms with van der Waals surface area (Å²) in [6.45, 7) is 1.91. The van der Waals surface area contributed by atoms with Gasteiger partial charge in [0.1, 0.15) is 10.5 Å². The van der Waals surface area contributed by atoms with Crippen LogP contribution in [0.15, 0.2) is 42.5 Å². The molecule has 1 heterocycles. The molecule has 1 atom stereocenters. The lowest BCUT2D eigenvalue weighted by Gasteiger charge is -2.19. The van der Waals surface area contributed by atoms with Gasteiger partial charge in [-0.15, -0.1) is 11.8 Å². The number of rotatable bonds is 3. The molecule has 1 aliphatic heterocycles. The minimum atomic E-state index is -0.588. The molecule has 1 unspecified atom stereocenters. The number of hydrogen-bond donors (Lipinski definition) is 1. The van der Waals surface area contributed by atoms with Crippen LogP contribution < -0.4 is 10.1 Å². The average Bonchev–Trinajstić information content (AvgIpc) is 2.75. The minimum absolute atomic E-state index is 0.0276. The Labute approximate surface area is 132 Å². The number of para-hydroxylation sites is 2. The number of ether oxygens (including phenoxy) is 1. The van der Waals surface area contributed by atoms with Crippen molar-refractivity contribution in [1.29, 1.82) is 0 Å². The molecule has 5 heteroatoms. The fraction of sp³-hybridized carbons (Fsp3) is 0.188. The number of anilines is 1. The van der Waals surface area contributed by atoms with Crippen LogP contribution in [0.4, 0.5) is 5.69 Å². The number of nitrogens with one attached hydrogen (secondary N) is 1. The normalized spacial score (nSPS) is 20.0. The second kappa shape index (κ2) is 5.28. The Morgan fingerprint density at radius 1 is 1.14 bits per heavy atom. The Morgan fingerprint density at radius 2 is 1.86 bits per heavy atom. The third-order valence-electron chi connectivity index (χ3n) is 3.68. The van der Waals surface area contributed by atoms with E-state index >= 15 is 0 Å². The van der Waals surface area contributed by atoms with E-state index in [0.717, 1.165) is 11.3 Å². The number of benzene rings is 2. The topological polar surface area (TPSA) is 38.3 Å². The molecule has 2 aromatic carbocycles. The van der Waals surface area contributed by atoms with Crippen molar-refractivity contribution < 1.29 is 9.53 Å². The SMILES string of the molecule is CSC1(C)C(=O)Nc2c(Oc3ccccc3Cl)cccc21. The molecule has 3 nitrogen and oxygen atoms in total. The molecule has 3 rings (SSSR count). The Hall–Kier alpha value is -1.65. The third kappa shape index (κ3) is 2.28. The van der Waals surface area contributed by atoms with E-state index in [1.807, 2.05) is 43.5 Å². The molecule has 1 N–H and O–H groups in total. The molecule has 0 radical (unpaired) electrons. The summed E-state index contributed by atoms with van der Waals surface area (Å²) in [4.78, 5) is 12.2. The van der Waals surface area contributed by atoms with Gasteiger partial charge >= 0.3 is 0 Å². The first-order chi connectivity index (χ1) is 10.1. The molecule has 0 spiro atoms. The molecule has 108 valence electrons. The largest absolute Gasteiger partial charge is 0.454 e. The predicted molar refractivity (Wildman–Crippen MR) is 87.5 cm³/mol. The molecule has 0 aromatic heterocycles. The van der Waals surface area contributed by atoms with Gasteiger partial charge in [-0.05, 0) is 31.4 Å². The molecule has 1 amide bonds. The van der Waals surface area contributed by atoms with Crippen molar-refractivity contribution in [1.82, 2.24) is 0 Å². The summed E-state index contributed by atoms with van der Waals surface area (Å²) < 4.78 is 5.29. The molecule has 0 fully saturated rings. The van der Waals surface area contributed by atoms with Crippen LogP contribution in [-0.4, -0.2) is 12.2 Å². The van der Waals surface area contributed by atoms with Crippen LogP contribution in [0, 0.1) is 0 Å². The zero-order chi connectivity index (χ0) is 15.0. The number of amides is 1. The number of hydrogen-bond acceptors (Lipinski definition) is 3. The minimum Gasteiger partial charge on any atom is -0.454 e. The molecule has 0 saturated heterocycles. The van der Waals surface area contributed by atoms with Gasteiger partial charge in [0.2, 0.25) is 5.91 Å². The van der Waals surface area contributed by atoms with E-state index in [9.17, 15) is 4.79 Å². The molecule has 0 saturated carbocycles. The van der Waals surface area contributed by atoms with Crippen LogP contribution in [0.25, 0.3) is 0 Å². The van der Waals surface area contributed by atoms with Crippen molar-refractivity contribution in [3.8, 4) is 11.5 Å². The summed E-state index contributed by atoms with van der Waals surface area (Å²) in [5.41, 5.74) is 1.66. The van der Waals surface area contributed by atoms with E-state index < -0.39 is 4.75 Å². The van der Waals surface area contributed by atoms with Crippen LogP contribution in [0.1, 0.15) is 12.5 Å². The number of carbonyl (C=O) groups excluding carboxylic acids is 1. The maximum atomic E-state index is 12.2. The Bertz CT molecular complexity index is 719. The van der Waals surface area contributed by atoms with Crippen molar-refractivity contribution in [3.05, 3.63) is 53.1 Å². The van der Waals surface area contributed by atoms with Crippen molar-refractivity contribution in [2.45, 2.75) is 11.7 Å². The first-order valence-corrected chi connectivity index (χ1v) is 8.09. The summed E-state index contributed by atoms with van der Waals surface area (Å²) in [5, 5.41) is 3.45. The highest BCUT2D eigenvalue weighted by atomic mass is 35.5. The third-order valence-corrected chi connectivity index (χ3v) is 5.21. The van der Waals surface area contributed by atoms with Crippen LogP contribution in [-0.2, 0) is 9.54 Å². The van der Waals surface area contributed by atoms with Gasteiger partial charge in [0.25, 0.3) is 0 Å². The van der Waals surface area contributed by atoms with E-state index in [-0.39, 0.29) is 5.91 Å². The van der Waals surface area contributed by atoms with Gasteiger partial charge in [-0.1, -0.05) is 35.9 Å². The van der Waals surface area contributed by atoms with Crippen LogP contribution >= 0.6 is 23.4 Å². The van der Waals surface area contributed by atoms with Crippen molar-refractivity contribution in [2.75, 3.05) is 11.6 Å². The summed E-state index contributed by atoms with van der Waals surface area (Å²) in [7, 11) is 0. The van der Waals surface area contributed by atoms with Gasteiger partial charge in [-0.3, -0.25) is 4.79 Å². The molecule has 1 aliphatic rings. The quantitative estimate of drug-likeness (QED) is 0.894. The average molecular weight is 320 g/mol. The molecule has 21 heavy (non-hydrogen) atoms. The number of halogens is 1. The monoisotopic (exact) mass is 319 g/mol. The molecule has 0 aliphatic carbocycles. The van der Waals surface area contributed by atoms with E-state index in [2.05, 4.69) is 5.32 Å². The van der Waals surface area contributed by atoms with Crippen LogP contribution in [0.5, 0.6) is 11.5 Å². The van der Waals surface area contributed by atoms with Crippen molar-refractivity contribution in [3.63, 3.8) is 0 Å². The van der Waals surface area contributed by atoms with Gasteiger partial charge in [0.15, 0.2) is 5.75 Å². The number of thioether (sulfide) groups is 1. The van der Waals surface area contributed by atoms with Gasteiger partial charge < -0.3 is 10.1 Å². The zero-order valence-corrected chi connectivity index (χ0v) is 13.2. The highest BCUT2D eigenvalue weighted by Crippen LogP contribution is 2.49. The maximum absolute atomic E-state index is 12.2. The van der Waals surface area contributed by atoms with E-state index in [1.165, 1.54) is 11.8 Å². The lowest BCUT2D eigenvalue weighted by atomic mass is 10.0. The summed E-state index contributed by atoms with van der Waals surface area (Å²) in [6.07, 6.45) is 1.93. The zero-order valence-electron chi connectivity index (χ0n) is 11.6. The number of carbonyl (C=O) groups is 1. The smallest absolute Gasteiger partial charge is 0.245 e. The van der Waals surface area contributed by atoms with Gasteiger partial charge in [-0.2, -0.15) is 0 Å². The lowest BCUT2D eigenvalue weighted by molar-refractivity contribution is -0.117. The highest BCUT2D eigenvalue weighted by Gasteiger charge is 2.43. The summed E-state index contributed by atoms with van der Waals surface area (Å²) >= 11 is 7.63. The van der Waals surface area contributed by atoms with E-state index in [4.69, 9.17) is 16.3 Å². The Balaban J connectivity index is 2.04. The van der Waals surface area contributed by atoms with E-state index in [0.29, 0.717) is 16.5 Å². The van der Waals surface area contributed by atoms with Gasteiger partial charge in [0.05, 0.1) is 10.7 Å². The number of fused-ring (bicyclic) bond motifs is 1. The molecular weight excluding hydrogens is 306 g/mol. The summed E-state index contributed by atoms with van der Waals surface area (Å²) in [6, 6.07) is 12.9. The van der Waals surface area contributed by atoms with Crippen molar-refractivity contribution in [2.24, 2.45) is 0 Å². The second-order valence-electron chi connectivity index (χ2n) is 4.90. The van der Waals surface area contributed by atoms with Crippen LogP contribution in [0.2, 0.25) is 5.02 Å². The molecule has 0 bridgehead atoms. The maximum Gasteiger partial charge on any atom is 0.245 e. The first-order valence-electron chi connectivity index (χ1n) is 6.49. The summed E-state index contributed by atoms with van der Waals surface area (Å²) in [5.74, 6) is 1.14. The fourth-order valence-electron chi connectivity index (χ4n) is 2.35. The highest BCUT2D eigenvalue weighted by molar-refractivity contribution is 8.00. The Morgan fingerprint density at radius 3 is 2.57 bits per heavy atom. The lowest BCUT2D eigenvalue weighted by Crippen LogP contribution is -2.26. The molecule has 2 aromatic rings. The molecular formula is C16H14ClNO2S. The van der Waals surface area contributed by atoms with E-state index in [1.54, 1.807) is 12.1 Å². The first kappa shape index (κ1) is 14.3. The standard InChI is InChI=1S/C16H14ClNO2S/c1-16(21-2)10-6-5-9-13(14(10)18-15(16)19)20-12-8-4-3-7-11(12)17/h3-9H,1-2H3,(H,18,19). The Kier molecular flexibility index (Phi) is 3.59. The van der Waals surface area contributed by atoms with Crippen LogP contribution in [0.3, 0.4) is 0 Å². The second-order valence-corrected chi connectivity index (χ2v) is 6.53. The van der Waals surface area contributed by atoms with Gasteiger partial charge in [0, 0.05) is 5.56 Å².